The molecule has 2 aromatic carbocycles. The van der Waals surface area contributed by atoms with E-state index in [2.05, 4.69) is 25.4 Å². The summed E-state index contributed by atoms with van der Waals surface area (Å²) in [6.07, 6.45) is 8.52. The minimum Gasteiger partial charge on any atom is -0.507 e. The van der Waals surface area contributed by atoms with Crippen LogP contribution in [0.4, 0.5) is 0 Å². The Morgan fingerprint density at radius 3 is 2.00 bits per heavy atom. The number of aromatic hydroxyl groups is 2. The third-order valence-electron chi connectivity index (χ3n) is 4.25. The zero-order valence-electron chi connectivity index (χ0n) is 19.2. The van der Waals surface area contributed by atoms with Gasteiger partial charge >= 0.3 is 0 Å². The number of aryl methyl sites for hydroxylation is 2. The van der Waals surface area contributed by atoms with Crippen LogP contribution in [0.2, 0.25) is 0 Å². The van der Waals surface area contributed by atoms with Crippen molar-refractivity contribution < 1.29 is 49.1 Å². The maximum absolute atomic E-state index is 11.0. The maximum atomic E-state index is 11.0. The number of phenols is 2. The molecule has 0 spiro atoms. The van der Waals surface area contributed by atoms with Crippen LogP contribution in [-0.4, -0.2) is 58.0 Å². The molecule has 4 N–H and O–H groups in total. The number of hydrogen-bond acceptors (Lipinski definition) is 9. The van der Waals surface area contributed by atoms with Crippen molar-refractivity contribution >= 4 is 58.8 Å². The third-order valence-corrected chi connectivity index (χ3v) is 5.31. The van der Waals surface area contributed by atoms with Crippen molar-refractivity contribution in [2.75, 3.05) is 12.5 Å². The molecule has 0 aliphatic rings. The van der Waals surface area contributed by atoms with Crippen LogP contribution in [0.1, 0.15) is 38.2 Å². The zero-order valence-corrected chi connectivity index (χ0v) is 22.7. The molecule has 35 heavy (non-hydrogen) atoms. The predicted molar refractivity (Wildman–Crippen MR) is 140 cm³/mol. The Morgan fingerprint density at radius 1 is 0.857 bits per heavy atom. The van der Waals surface area contributed by atoms with Crippen LogP contribution in [0, 0.1) is 13.8 Å². The van der Waals surface area contributed by atoms with Gasteiger partial charge in [0.25, 0.3) is 0 Å². The number of phenolic OH excluding ortho intramolecular Hbond substituents is 2. The molecule has 0 unspecified atom stereocenters. The fourth-order valence-electron chi connectivity index (χ4n) is 2.57. The molecular weight excluding hydrogens is 588 g/mol. The molecule has 9 nitrogen and oxygen atoms in total. The molecule has 0 heterocycles. The number of nitrogens with two attached hydrogens (primary N) is 1. The first-order chi connectivity index (χ1) is 15.8. The first-order valence-corrected chi connectivity index (χ1v) is 12.0. The van der Waals surface area contributed by atoms with Crippen LogP contribution in [0.3, 0.4) is 0 Å². The van der Waals surface area contributed by atoms with Crippen molar-refractivity contribution in [1.29, 1.82) is 0 Å². The van der Waals surface area contributed by atoms with E-state index in [1.165, 1.54) is 48.2 Å². The van der Waals surface area contributed by atoms with Gasteiger partial charge in [-0.3, -0.25) is 4.79 Å². The van der Waals surface area contributed by atoms with Crippen LogP contribution < -0.4 is 5.73 Å². The monoisotopic (exact) mass is 610 g/mol. The van der Waals surface area contributed by atoms with E-state index in [1.807, 2.05) is 6.92 Å². The number of rotatable bonds is 6. The number of nitrogens with zero attached hydrogens (tertiary/aromatic N) is 5. The molecule has 2 rings (SSSR count). The van der Waals surface area contributed by atoms with E-state index in [-0.39, 0.29) is 45.6 Å². The second-order valence-corrected chi connectivity index (χ2v) is 8.25. The number of benzene rings is 2. The number of carbonyl (C=O) groups is 1. The summed E-state index contributed by atoms with van der Waals surface area (Å²) in [6, 6.07) is 6.56. The first kappa shape index (κ1) is 32.6. The number of amidine groups is 2. The van der Waals surface area contributed by atoms with Crippen molar-refractivity contribution in [2.45, 2.75) is 13.8 Å². The molecule has 0 aliphatic carbocycles. The minimum atomic E-state index is -0.0575. The Hall–Kier alpha value is -2.40. The Morgan fingerprint density at radius 2 is 1.46 bits per heavy atom. The van der Waals surface area contributed by atoms with Crippen LogP contribution in [0.25, 0.3) is 0 Å². The quantitative estimate of drug-likeness (QED) is 0.149. The van der Waals surface area contributed by atoms with Crippen molar-refractivity contribution in [2.24, 2.45) is 31.1 Å². The normalized spacial score (nSPS) is 12.2. The zero-order chi connectivity index (χ0) is 24.4. The van der Waals surface area contributed by atoms with Gasteiger partial charge in [0, 0.05) is 62.6 Å². The molecule has 2 radical (unpaired) electrons. The Kier molecular flexibility index (Phi) is 15.2. The standard InChI is InChI=1S/C22H24N6O3S2.2Cu/c1-13-5-16(10-25-27-21(23)32-3)20(31)17(6-13)11-26-28-22(33-4)24-9-15-7-14(2)18(12-29)8-19(15)30;;/h5-12,30-31H,1-4H3,(H2,23,27);;/b24-9+,25-10?,26-11+,28-22-;;. The maximum Gasteiger partial charge on any atom is 0.208 e. The SMILES string of the molecule is CSC(N)=NN=Cc1cc(C)cc(/C=N/N=C(/N=C/c2cc(C)c(C=O)cc2O)SC)c1O.[Cu].[Cu]. The van der Waals surface area contributed by atoms with Crippen LogP contribution in [0.15, 0.2) is 49.7 Å². The van der Waals surface area contributed by atoms with Crippen LogP contribution in [0.5, 0.6) is 11.5 Å². The van der Waals surface area contributed by atoms with Gasteiger partial charge in [0.1, 0.15) is 17.8 Å². The summed E-state index contributed by atoms with van der Waals surface area (Å²) in [4.78, 5) is 15.2. The fraction of sp³-hybridized carbons (Fsp3) is 0.182. The molecule has 13 heteroatoms. The Bertz CT molecular complexity index is 1180. The third kappa shape index (κ3) is 10.0. The molecule has 0 fully saturated rings. The summed E-state index contributed by atoms with van der Waals surface area (Å²) in [5, 5.41) is 37.0. The second kappa shape index (κ2) is 16.3. The molecule has 0 bridgehead atoms. The van der Waals surface area contributed by atoms with E-state index < -0.39 is 0 Å². The van der Waals surface area contributed by atoms with Gasteiger partial charge in [-0.2, -0.15) is 10.2 Å². The number of thioether (sulfide) groups is 2. The van der Waals surface area contributed by atoms with E-state index in [0.29, 0.717) is 38.9 Å². The molecule has 0 aromatic heterocycles. The number of hydrogen-bond donors (Lipinski definition) is 3. The van der Waals surface area contributed by atoms with Gasteiger partial charge in [-0.05, 0) is 61.8 Å². The summed E-state index contributed by atoms with van der Waals surface area (Å²) >= 11 is 2.52. The molecule has 194 valence electrons. The largest absolute Gasteiger partial charge is 0.507 e. The predicted octanol–water partition coefficient (Wildman–Crippen LogP) is 3.71. The fourth-order valence-corrected chi connectivity index (χ4v) is 2.99. The smallest absolute Gasteiger partial charge is 0.208 e. The Labute approximate surface area is 233 Å². The number of aliphatic imine (C=N–C) groups is 1. The van der Waals surface area contributed by atoms with Gasteiger partial charge in [0.15, 0.2) is 5.17 Å². The summed E-state index contributed by atoms with van der Waals surface area (Å²) in [5.41, 5.74) is 8.98. The van der Waals surface area contributed by atoms with Gasteiger partial charge in [-0.15, -0.1) is 10.2 Å². The summed E-state index contributed by atoms with van der Waals surface area (Å²) in [6.45, 7) is 3.64. The van der Waals surface area contributed by atoms with Crippen molar-refractivity contribution in [3.05, 3.63) is 57.6 Å². The summed E-state index contributed by atoms with van der Waals surface area (Å²) in [5.74, 6) is -0.0796. The molecule has 0 saturated heterocycles. The number of aldehydes is 1. The van der Waals surface area contributed by atoms with Gasteiger partial charge in [0.2, 0.25) is 5.17 Å². The van der Waals surface area contributed by atoms with E-state index in [4.69, 9.17) is 5.73 Å². The molecular formula is C22H24Cu2N6O3S2. The average molecular weight is 612 g/mol. The van der Waals surface area contributed by atoms with E-state index in [0.717, 1.165) is 11.1 Å². The molecule has 0 aliphatic heterocycles. The number of carbonyl (C=O) groups excluding carboxylic acids is 1. The van der Waals surface area contributed by atoms with E-state index >= 15 is 0 Å². The molecule has 2 aromatic rings. The second-order valence-electron chi connectivity index (χ2n) is 6.65. The Balaban J connectivity index is 0.00000578. The summed E-state index contributed by atoms with van der Waals surface area (Å²) < 4.78 is 0. The molecule has 0 atom stereocenters. The van der Waals surface area contributed by atoms with Crippen molar-refractivity contribution in [3.8, 4) is 11.5 Å². The minimum absolute atomic E-state index is 0. The van der Waals surface area contributed by atoms with E-state index in [1.54, 1.807) is 37.6 Å². The summed E-state index contributed by atoms with van der Waals surface area (Å²) in [7, 11) is 0. The van der Waals surface area contributed by atoms with Crippen LogP contribution in [-0.2, 0) is 34.1 Å². The topological polar surface area (TPSA) is 145 Å². The first-order valence-electron chi connectivity index (χ1n) is 9.51. The van der Waals surface area contributed by atoms with Crippen molar-refractivity contribution in [1.82, 2.24) is 0 Å². The average Bonchev–Trinajstić information content (AvgIpc) is 2.80. The van der Waals surface area contributed by atoms with Gasteiger partial charge in [0.05, 0.1) is 12.4 Å². The van der Waals surface area contributed by atoms with E-state index in [9.17, 15) is 15.0 Å². The van der Waals surface area contributed by atoms with Gasteiger partial charge in [-0.1, -0.05) is 23.5 Å². The van der Waals surface area contributed by atoms with Gasteiger partial charge in [-0.25, -0.2) is 4.99 Å². The van der Waals surface area contributed by atoms with Crippen LogP contribution >= 0.6 is 23.5 Å². The molecule has 0 amide bonds. The molecule has 0 saturated carbocycles. The van der Waals surface area contributed by atoms with Gasteiger partial charge < -0.3 is 15.9 Å². The van der Waals surface area contributed by atoms with Crippen molar-refractivity contribution in [3.63, 3.8) is 0 Å².